The van der Waals surface area contributed by atoms with Gasteiger partial charge in [-0.3, -0.25) is 4.90 Å². The minimum atomic E-state index is 0.341. The van der Waals surface area contributed by atoms with Gasteiger partial charge in [0.2, 0.25) is 0 Å². The lowest BCUT2D eigenvalue weighted by Crippen LogP contribution is -2.40. The summed E-state index contributed by atoms with van der Waals surface area (Å²) in [6, 6.07) is 1.11. The molecule has 0 spiro atoms. The van der Waals surface area contributed by atoms with Crippen LogP contribution in [-0.4, -0.2) is 55.1 Å². The Labute approximate surface area is 120 Å². The van der Waals surface area contributed by atoms with E-state index in [1.807, 2.05) is 0 Å². The van der Waals surface area contributed by atoms with Crippen molar-refractivity contribution in [2.24, 2.45) is 11.1 Å². The van der Waals surface area contributed by atoms with Crippen LogP contribution in [-0.2, 0) is 0 Å². The first-order valence-electron chi connectivity index (χ1n) is 8.00. The van der Waals surface area contributed by atoms with Gasteiger partial charge in [0.05, 0.1) is 0 Å². The molecule has 3 heteroatoms. The minimum Gasteiger partial charge on any atom is -0.328 e. The monoisotopic (exact) mass is 269 g/mol. The number of likely N-dealkylation sites (N-methyl/N-ethyl adjacent to an activating group) is 2. The van der Waals surface area contributed by atoms with Gasteiger partial charge in [-0.05, 0) is 57.8 Å². The Bertz CT molecular complexity index is 247. The summed E-state index contributed by atoms with van der Waals surface area (Å²) in [5, 5.41) is 0. The third-order valence-corrected chi connectivity index (χ3v) is 4.18. The van der Waals surface area contributed by atoms with Gasteiger partial charge in [-0.2, -0.15) is 0 Å². The van der Waals surface area contributed by atoms with E-state index in [-0.39, 0.29) is 0 Å². The predicted octanol–water partition coefficient (Wildman–Crippen LogP) is 2.56. The average Bonchev–Trinajstić information content (AvgIpc) is 2.71. The van der Waals surface area contributed by atoms with Gasteiger partial charge in [-0.1, -0.05) is 27.7 Å². The van der Waals surface area contributed by atoms with E-state index in [4.69, 9.17) is 5.73 Å². The van der Waals surface area contributed by atoms with Gasteiger partial charge in [-0.25, -0.2) is 0 Å². The van der Waals surface area contributed by atoms with Gasteiger partial charge >= 0.3 is 0 Å². The Hall–Kier alpha value is -0.120. The second kappa shape index (κ2) is 7.61. The third kappa shape index (κ3) is 6.73. The van der Waals surface area contributed by atoms with Crippen LogP contribution in [0.25, 0.3) is 0 Å². The summed E-state index contributed by atoms with van der Waals surface area (Å²) in [5.41, 5.74) is 6.58. The lowest BCUT2D eigenvalue weighted by Gasteiger charge is -2.29. The van der Waals surface area contributed by atoms with Crippen LogP contribution in [0.1, 0.15) is 53.4 Å². The second-order valence-electron chi connectivity index (χ2n) is 7.50. The van der Waals surface area contributed by atoms with Crippen LogP contribution in [0.15, 0.2) is 0 Å². The van der Waals surface area contributed by atoms with Crippen LogP contribution in [0.2, 0.25) is 0 Å². The Morgan fingerprint density at radius 2 is 2.05 bits per heavy atom. The normalized spacial score (nSPS) is 23.2. The largest absolute Gasteiger partial charge is 0.328 e. The molecule has 114 valence electrons. The van der Waals surface area contributed by atoms with Gasteiger partial charge in [0.15, 0.2) is 0 Å². The molecule has 1 heterocycles. The summed E-state index contributed by atoms with van der Waals surface area (Å²) in [4.78, 5) is 5.09. The summed E-state index contributed by atoms with van der Waals surface area (Å²) < 4.78 is 0. The Balaban J connectivity index is 2.22. The first kappa shape index (κ1) is 16.9. The van der Waals surface area contributed by atoms with E-state index in [0.29, 0.717) is 11.5 Å². The summed E-state index contributed by atoms with van der Waals surface area (Å²) in [5.74, 6) is 0. The van der Waals surface area contributed by atoms with Crippen molar-refractivity contribution in [3.63, 3.8) is 0 Å². The van der Waals surface area contributed by atoms with Crippen molar-refractivity contribution in [2.45, 2.75) is 65.5 Å². The number of nitrogens with two attached hydrogens (primary N) is 1. The molecule has 2 unspecified atom stereocenters. The molecule has 3 nitrogen and oxygen atoms in total. The summed E-state index contributed by atoms with van der Waals surface area (Å²) in [6.45, 7) is 13.9. The molecular weight excluding hydrogens is 234 g/mol. The molecule has 1 saturated heterocycles. The number of rotatable bonds is 7. The van der Waals surface area contributed by atoms with Crippen molar-refractivity contribution in [3.05, 3.63) is 0 Å². The molecule has 1 fully saturated rings. The fourth-order valence-electron chi connectivity index (χ4n) is 3.24. The lowest BCUT2D eigenvalue weighted by atomic mass is 9.87. The molecule has 0 aromatic carbocycles. The fourth-order valence-corrected chi connectivity index (χ4v) is 3.24. The van der Waals surface area contributed by atoms with Crippen molar-refractivity contribution in [1.82, 2.24) is 9.80 Å². The smallest absolute Gasteiger partial charge is 0.0223 e. The molecule has 0 aromatic heterocycles. The van der Waals surface area contributed by atoms with Crippen LogP contribution in [0.3, 0.4) is 0 Å². The topological polar surface area (TPSA) is 32.5 Å². The quantitative estimate of drug-likeness (QED) is 0.771. The zero-order valence-electron chi connectivity index (χ0n) is 13.8. The lowest BCUT2D eigenvalue weighted by molar-refractivity contribution is 0.192. The molecule has 19 heavy (non-hydrogen) atoms. The standard InChI is InChI=1S/C16H35N3/c1-6-19-10-7-8-15(19)13-18(5)11-9-14(17)12-16(2,3)4/h14-15H,6-13,17H2,1-5H3. The van der Waals surface area contributed by atoms with Gasteiger partial charge < -0.3 is 10.6 Å². The van der Waals surface area contributed by atoms with Crippen molar-refractivity contribution >= 4 is 0 Å². The second-order valence-corrected chi connectivity index (χ2v) is 7.50. The Morgan fingerprint density at radius 3 is 2.63 bits per heavy atom. The van der Waals surface area contributed by atoms with Gasteiger partial charge in [0.1, 0.15) is 0 Å². The summed E-state index contributed by atoms with van der Waals surface area (Å²) in [6.07, 6.45) is 4.97. The molecule has 0 aliphatic carbocycles. The highest BCUT2D eigenvalue weighted by Gasteiger charge is 2.24. The Morgan fingerprint density at radius 1 is 1.37 bits per heavy atom. The van der Waals surface area contributed by atoms with E-state index in [1.54, 1.807) is 0 Å². The highest BCUT2D eigenvalue weighted by Crippen LogP contribution is 2.21. The average molecular weight is 269 g/mol. The highest BCUT2D eigenvalue weighted by molar-refractivity contribution is 4.81. The van der Waals surface area contributed by atoms with Crippen molar-refractivity contribution < 1.29 is 0 Å². The van der Waals surface area contributed by atoms with Crippen LogP contribution in [0.5, 0.6) is 0 Å². The molecule has 0 aromatic rings. The van der Waals surface area contributed by atoms with Crippen LogP contribution >= 0.6 is 0 Å². The fraction of sp³-hybridized carbons (Fsp3) is 1.00. The molecule has 0 amide bonds. The highest BCUT2D eigenvalue weighted by atomic mass is 15.2. The van der Waals surface area contributed by atoms with Crippen molar-refractivity contribution in [3.8, 4) is 0 Å². The number of hydrogen-bond acceptors (Lipinski definition) is 3. The minimum absolute atomic E-state index is 0.341. The molecule has 0 bridgehead atoms. The van der Waals surface area contributed by atoms with Crippen LogP contribution in [0.4, 0.5) is 0 Å². The zero-order valence-corrected chi connectivity index (χ0v) is 13.8. The van der Waals surface area contributed by atoms with Gasteiger partial charge in [-0.15, -0.1) is 0 Å². The van der Waals surface area contributed by atoms with E-state index in [9.17, 15) is 0 Å². The SMILES string of the molecule is CCN1CCCC1CN(C)CCC(N)CC(C)(C)C. The summed E-state index contributed by atoms with van der Waals surface area (Å²) >= 11 is 0. The number of hydrogen-bond donors (Lipinski definition) is 1. The van der Waals surface area contributed by atoms with Gasteiger partial charge in [0, 0.05) is 18.6 Å². The first-order chi connectivity index (χ1) is 8.81. The van der Waals surface area contributed by atoms with Gasteiger partial charge in [0.25, 0.3) is 0 Å². The third-order valence-electron chi connectivity index (χ3n) is 4.18. The van der Waals surface area contributed by atoms with E-state index in [1.165, 1.54) is 32.5 Å². The van der Waals surface area contributed by atoms with E-state index >= 15 is 0 Å². The molecule has 2 N–H and O–H groups in total. The number of nitrogens with zero attached hydrogens (tertiary/aromatic N) is 2. The van der Waals surface area contributed by atoms with E-state index in [0.717, 1.165) is 25.4 Å². The van der Waals surface area contributed by atoms with Crippen molar-refractivity contribution in [2.75, 3.05) is 33.2 Å². The molecule has 1 rings (SSSR count). The molecule has 2 atom stereocenters. The van der Waals surface area contributed by atoms with Crippen LogP contribution < -0.4 is 5.73 Å². The van der Waals surface area contributed by atoms with E-state index < -0.39 is 0 Å². The molecule has 1 aliphatic heterocycles. The Kier molecular flexibility index (Phi) is 6.78. The summed E-state index contributed by atoms with van der Waals surface area (Å²) in [7, 11) is 2.25. The van der Waals surface area contributed by atoms with E-state index in [2.05, 4.69) is 44.5 Å². The molecule has 0 saturated carbocycles. The maximum atomic E-state index is 6.23. The van der Waals surface area contributed by atoms with Crippen molar-refractivity contribution in [1.29, 1.82) is 0 Å². The maximum absolute atomic E-state index is 6.23. The zero-order chi connectivity index (χ0) is 14.5. The predicted molar refractivity (Wildman–Crippen MR) is 84.4 cm³/mol. The number of likely N-dealkylation sites (tertiary alicyclic amines) is 1. The molecule has 1 aliphatic rings. The molecular formula is C16H35N3. The maximum Gasteiger partial charge on any atom is 0.0223 e. The molecule has 0 radical (unpaired) electrons. The first-order valence-corrected chi connectivity index (χ1v) is 8.00. The van der Waals surface area contributed by atoms with Crippen LogP contribution in [0, 0.1) is 5.41 Å².